The second kappa shape index (κ2) is 8.04. The molecule has 0 unspecified atom stereocenters. The van der Waals surface area contributed by atoms with Crippen LogP contribution >= 0.6 is 0 Å². The first-order chi connectivity index (χ1) is 10.9. The summed E-state index contributed by atoms with van der Waals surface area (Å²) in [5.41, 5.74) is 5.17. The number of nitrogens with one attached hydrogen (secondary N) is 1. The van der Waals surface area contributed by atoms with E-state index in [0.29, 0.717) is 37.8 Å². The molecule has 23 heavy (non-hydrogen) atoms. The number of anilines is 1. The molecule has 1 atom stereocenters. The van der Waals surface area contributed by atoms with Crippen LogP contribution in [0.15, 0.2) is 10.6 Å². The third-order valence-electron chi connectivity index (χ3n) is 3.43. The summed E-state index contributed by atoms with van der Waals surface area (Å²) >= 11 is 0. The largest absolute Gasteiger partial charge is 0.374 e. The second-order valence-electron chi connectivity index (χ2n) is 5.76. The van der Waals surface area contributed by atoms with Crippen molar-refractivity contribution in [2.75, 3.05) is 51.7 Å². The lowest BCUT2D eigenvalue weighted by Gasteiger charge is -2.34. The fourth-order valence-electron chi connectivity index (χ4n) is 2.52. The van der Waals surface area contributed by atoms with Gasteiger partial charge in [0.25, 0.3) is 0 Å². The Morgan fingerprint density at radius 2 is 2.35 bits per heavy atom. The molecular formula is C14H23N5O4. The first kappa shape index (κ1) is 17.4. The van der Waals surface area contributed by atoms with Gasteiger partial charge in [0, 0.05) is 25.7 Å². The highest BCUT2D eigenvalue weighted by atomic mass is 16.5. The van der Waals surface area contributed by atoms with Crippen molar-refractivity contribution in [1.82, 2.24) is 15.0 Å². The maximum atomic E-state index is 12.0. The van der Waals surface area contributed by atoms with Crippen LogP contribution in [0.25, 0.3) is 0 Å². The van der Waals surface area contributed by atoms with E-state index in [4.69, 9.17) is 15.0 Å². The quantitative estimate of drug-likeness (QED) is 0.663. The predicted octanol–water partition coefficient (Wildman–Crippen LogP) is -0.961. The number of rotatable bonds is 7. The Bertz CT molecular complexity index is 547. The van der Waals surface area contributed by atoms with E-state index < -0.39 is 0 Å². The summed E-state index contributed by atoms with van der Waals surface area (Å²) < 4.78 is 10.6. The van der Waals surface area contributed by atoms with E-state index in [9.17, 15) is 9.59 Å². The van der Waals surface area contributed by atoms with Crippen LogP contribution in [0.2, 0.25) is 0 Å². The van der Waals surface area contributed by atoms with Gasteiger partial charge in [-0.25, -0.2) is 0 Å². The van der Waals surface area contributed by atoms with Crippen LogP contribution in [-0.2, 0) is 14.3 Å². The van der Waals surface area contributed by atoms with E-state index in [2.05, 4.69) is 10.5 Å². The van der Waals surface area contributed by atoms with Crippen molar-refractivity contribution in [3.8, 4) is 0 Å². The van der Waals surface area contributed by atoms with Gasteiger partial charge in [-0.2, -0.15) is 0 Å². The topological polar surface area (TPSA) is 114 Å². The number of likely N-dealkylation sites (N-methyl/N-ethyl adjacent to an activating group) is 1. The molecule has 9 heteroatoms. The molecule has 0 radical (unpaired) electrons. The minimum atomic E-state index is -0.373. The van der Waals surface area contributed by atoms with Gasteiger partial charge in [0.05, 0.1) is 25.8 Å². The van der Waals surface area contributed by atoms with Crippen molar-refractivity contribution >= 4 is 17.6 Å². The zero-order valence-corrected chi connectivity index (χ0v) is 13.4. The molecule has 1 aromatic heterocycles. The van der Waals surface area contributed by atoms with Gasteiger partial charge in [-0.3, -0.25) is 19.4 Å². The Labute approximate surface area is 134 Å². The van der Waals surface area contributed by atoms with Gasteiger partial charge in [0.2, 0.25) is 11.8 Å². The summed E-state index contributed by atoms with van der Waals surface area (Å²) in [6, 6.07) is 1.67. The number of morpholine rings is 1. The van der Waals surface area contributed by atoms with E-state index in [1.54, 1.807) is 13.0 Å². The molecule has 1 fully saturated rings. The van der Waals surface area contributed by atoms with Gasteiger partial charge in [-0.1, -0.05) is 5.16 Å². The molecule has 0 bridgehead atoms. The number of nitrogens with two attached hydrogens (primary N) is 1. The fourth-order valence-corrected chi connectivity index (χ4v) is 2.52. The zero-order chi connectivity index (χ0) is 16.8. The molecule has 1 aliphatic heterocycles. The van der Waals surface area contributed by atoms with Crippen LogP contribution in [-0.4, -0.2) is 79.3 Å². The predicted molar refractivity (Wildman–Crippen MR) is 82.7 cm³/mol. The number of hydrogen-bond donors (Lipinski definition) is 2. The average Bonchev–Trinajstić information content (AvgIpc) is 2.83. The Kier molecular flexibility index (Phi) is 6.08. The van der Waals surface area contributed by atoms with Gasteiger partial charge in [0.15, 0.2) is 5.82 Å². The summed E-state index contributed by atoms with van der Waals surface area (Å²) in [5.74, 6) is 0.537. The van der Waals surface area contributed by atoms with E-state index in [1.165, 1.54) is 0 Å². The molecule has 2 amide bonds. The van der Waals surface area contributed by atoms with E-state index in [1.807, 2.05) is 16.8 Å². The average molecular weight is 325 g/mol. The van der Waals surface area contributed by atoms with Gasteiger partial charge in [-0.15, -0.1) is 0 Å². The van der Waals surface area contributed by atoms with Gasteiger partial charge >= 0.3 is 0 Å². The van der Waals surface area contributed by atoms with Gasteiger partial charge in [0.1, 0.15) is 5.76 Å². The molecule has 0 saturated carbocycles. The Balaban J connectivity index is 1.76. The zero-order valence-electron chi connectivity index (χ0n) is 13.4. The van der Waals surface area contributed by atoms with Gasteiger partial charge < -0.3 is 20.3 Å². The molecule has 3 N–H and O–H groups in total. The standard InChI is InChI=1S/C14H23N5O4/c1-10-5-13(17-23-10)16-14(21)9-19-3-4-22-11(7-19)6-18(2)8-12(15)20/h5,11H,3-4,6-9H2,1-2H3,(H2,15,20)(H,16,17,21)/t11-/m0/s1. The van der Waals surface area contributed by atoms with E-state index in [0.717, 1.165) is 0 Å². The number of aryl methyl sites for hydroxylation is 1. The third-order valence-corrected chi connectivity index (χ3v) is 3.43. The normalized spacial score (nSPS) is 19.0. The van der Waals surface area contributed by atoms with Crippen LogP contribution in [0.4, 0.5) is 5.82 Å². The summed E-state index contributed by atoms with van der Waals surface area (Å²) in [7, 11) is 1.81. The monoisotopic (exact) mass is 325 g/mol. The third kappa shape index (κ3) is 5.97. The number of carbonyl (C=O) groups is 2. The molecule has 1 aliphatic rings. The van der Waals surface area contributed by atoms with Crippen molar-refractivity contribution in [2.45, 2.75) is 13.0 Å². The molecule has 128 valence electrons. The van der Waals surface area contributed by atoms with Gasteiger partial charge in [-0.05, 0) is 14.0 Å². The molecule has 0 aliphatic carbocycles. The number of aromatic nitrogens is 1. The minimum absolute atomic E-state index is 0.0600. The van der Waals surface area contributed by atoms with Crippen LogP contribution < -0.4 is 11.1 Å². The number of ether oxygens (including phenoxy) is 1. The van der Waals surface area contributed by atoms with Crippen LogP contribution in [0.1, 0.15) is 5.76 Å². The summed E-state index contributed by atoms with van der Waals surface area (Å²) in [6.45, 7) is 4.64. The minimum Gasteiger partial charge on any atom is -0.374 e. The number of carbonyl (C=O) groups excluding carboxylic acids is 2. The molecular weight excluding hydrogens is 302 g/mol. The Morgan fingerprint density at radius 3 is 3.00 bits per heavy atom. The number of amides is 2. The molecule has 2 heterocycles. The molecule has 9 nitrogen and oxygen atoms in total. The lowest BCUT2D eigenvalue weighted by atomic mass is 10.2. The highest BCUT2D eigenvalue weighted by molar-refractivity contribution is 5.91. The molecule has 0 aromatic carbocycles. The van der Waals surface area contributed by atoms with Crippen molar-refractivity contribution in [3.05, 3.63) is 11.8 Å². The van der Waals surface area contributed by atoms with E-state index >= 15 is 0 Å². The van der Waals surface area contributed by atoms with Crippen LogP contribution in [0.3, 0.4) is 0 Å². The van der Waals surface area contributed by atoms with Crippen molar-refractivity contribution in [3.63, 3.8) is 0 Å². The van der Waals surface area contributed by atoms with Crippen molar-refractivity contribution < 1.29 is 18.8 Å². The Morgan fingerprint density at radius 1 is 1.57 bits per heavy atom. The highest BCUT2D eigenvalue weighted by Crippen LogP contribution is 2.09. The smallest absolute Gasteiger partial charge is 0.239 e. The highest BCUT2D eigenvalue weighted by Gasteiger charge is 2.23. The Hall–Kier alpha value is -1.97. The molecule has 1 saturated heterocycles. The van der Waals surface area contributed by atoms with Crippen LogP contribution in [0, 0.1) is 6.92 Å². The fraction of sp³-hybridized carbons (Fsp3) is 0.643. The molecule has 2 rings (SSSR count). The summed E-state index contributed by atoms with van der Waals surface area (Å²) in [4.78, 5) is 26.7. The first-order valence-electron chi connectivity index (χ1n) is 7.46. The van der Waals surface area contributed by atoms with Crippen molar-refractivity contribution in [1.29, 1.82) is 0 Å². The number of hydrogen-bond acceptors (Lipinski definition) is 7. The SMILES string of the molecule is Cc1cc(NC(=O)CN2CCO[C@@H](CN(C)CC(N)=O)C2)no1. The summed E-state index contributed by atoms with van der Waals surface area (Å²) in [5, 5.41) is 6.42. The van der Waals surface area contributed by atoms with Crippen LogP contribution in [0.5, 0.6) is 0 Å². The lowest BCUT2D eigenvalue weighted by Crippen LogP contribution is -2.49. The first-order valence-corrected chi connectivity index (χ1v) is 7.46. The van der Waals surface area contributed by atoms with Crippen molar-refractivity contribution in [2.24, 2.45) is 5.73 Å². The lowest BCUT2D eigenvalue weighted by molar-refractivity contribution is -0.120. The second-order valence-corrected chi connectivity index (χ2v) is 5.76. The number of primary amides is 1. The maximum Gasteiger partial charge on any atom is 0.239 e. The number of nitrogens with zero attached hydrogens (tertiary/aromatic N) is 3. The molecule has 0 spiro atoms. The molecule has 1 aromatic rings. The summed E-state index contributed by atoms with van der Waals surface area (Å²) in [6.07, 6.45) is -0.0600. The maximum absolute atomic E-state index is 12.0. The van der Waals surface area contributed by atoms with E-state index in [-0.39, 0.29) is 31.0 Å².